The zero-order valence-electron chi connectivity index (χ0n) is 14.1. The first-order chi connectivity index (χ1) is 10.7. The van der Waals surface area contributed by atoms with Crippen LogP contribution in [0.3, 0.4) is 0 Å². The molecule has 6 nitrogen and oxygen atoms in total. The predicted molar refractivity (Wildman–Crippen MR) is 89.3 cm³/mol. The number of oxime groups is 1. The smallest absolute Gasteiger partial charge is 0.380 e. The zero-order chi connectivity index (χ0) is 17.2. The highest BCUT2D eigenvalue weighted by Gasteiger charge is 2.21. The molecule has 0 aliphatic carbocycles. The number of hydrogen-bond donors (Lipinski definition) is 1. The molecule has 0 unspecified atom stereocenters. The molecule has 0 aliphatic rings. The quantitative estimate of drug-likeness (QED) is 0.409. The second-order valence-electron chi connectivity index (χ2n) is 6.47. The van der Waals surface area contributed by atoms with Crippen molar-refractivity contribution in [2.24, 2.45) is 10.9 Å². The molecule has 0 bridgehead atoms. The maximum absolute atomic E-state index is 12.1. The topological polar surface area (TPSA) is 82.5 Å². The standard InChI is InChI=1S/C17H22N4O2/c1-11-6-8-13(9-7-11)15(18)20-23-16(22)14-10-12(2)21(19-14)17(3,4)5/h6-10H,1-5H3,(H2,18,20). The summed E-state index contributed by atoms with van der Waals surface area (Å²) >= 11 is 0. The number of nitrogens with two attached hydrogens (primary N) is 1. The number of aryl methyl sites for hydroxylation is 2. The van der Waals surface area contributed by atoms with Crippen molar-refractivity contribution < 1.29 is 9.63 Å². The Hall–Kier alpha value is -2.63. The molecule has 23 heavy (non-hydrogen) atoms. The van der Waals surface area contributed by atoms with E-state index in [-0.39, 0.29) is 17.1 Å². The maximum atomic E-state index is 12.1. The van der Waals surface area contributed by atoms with Gasteiger partial charge in [0.1, 0.15) is 0 Å². The Morgan fingerprint density at radius 1 is 1.22 bits per heavy atom. The van der Waals surface area contributed by atoms with Gasteiger partial charge in [-0.1, -0.05) is 35.0 Å². The number of hydrogen-bond acceptors (Lipinski definition) is 4. The first kappa shape index (κ1) is 16.7. The fourth-order valence-electron chi connectivity index (χ4n) is 2.17. The molecule has 0 amide bonds. The van der Waals surface area contributed by atoms with Crippen molar-refractivity contribution in [3.05, 3.63) is 52.8 Å². The van der Waals surface area contributed by atoms with Crippen molar-refractivity contribution in [3.63, 3.8) is 0 Å². The molecule has 2 aromatic rings. The van der Waals surface area contributed by atoms with Crippen molar-refractivity contribution in [1.82, 2.24) is 9.78 Å². The van der Waals surface area contributed by atoms with Gasteiger partial charge in [-0.25, -0.2) is 4.79 Å². The van der Waals surface area contributed by atoms with Crippen molar-refractivity contribution in [1.29, 1.82) is 0 Å². The summed E-state index contributed by atoms with van der Waals surface area (Å²) in [6.45, 7) is 9.89. The van der Waals surface area contributed by atoms with Crippen LogP contribution in [0.4, 0.5) is 0 Å². The summed E-state index contributed by atoms with van der Waals surface area (Å²) < 4.78 is 1.77. The Bertz CT molecular complexity index is 737. The fraction of sp³-hybridized carbons (Fsp3) is 0.353. The van der Waals surface area contributed by atoms with Gasteiger partial charge < -0.3 is 10.6 Å². The van der Waals surface area contributed by atoms with Crippen molar-refractivity contribution >= 4 is 11.8 Å². The minimum Gasteiger partial charge on any atom is -0.380 e. The van der Waals surface area contributed by atoms with Gasteiger partial charge in [-0.15, -0.1) is 0 Å². The van der Waals surface area contributed by atoms with Crippen LogP contribution in [0.15, 0.2) is 35.5 Å². The van der Waals surface area contributed by atoms with Crippen LogP contribution in [0, 0.1) is 13.8 Å². The van der Waals surface area contributed by atoms with E-state index in [1.54, 1.807) is 10.7 Å². The summed E-state index contributed by atoms with van der Waals surface area (Å²) in [5, 5.41) is 7.97. The van der Waals surface area contributed by atoms with Crippen LogP contribution < -0.4 is 5.73 Å². The number of carbonyl (C=O) groups is 1. The van der Waals surface area contributed by atoms with E-state index in [2.05, 4.69) is 10.3 Å². The summed E-state index contributed by atoms with van der Waals surface area (Å²) in [6.07, 6.45) is 0. The maximum Gasteiger partial charge on any atom is 0.385 e. The van der Waals surface area contributed by atoms with Gasteiger partial charge in [0.2, 0.25) is 0 Å². The number of aromatic nitrogens is 2. The van der Waals surface area contributed by atoms with Gasteiger partial charge in [0.25, 0.3) is 0 Å². The summed E-state index contributed by atoms with van der Waals surface area (Å²) in [4.78, 5) is 17.0. The Balaban J connectivity index is 2.13. The van der Waals surface area contributed by atoms with E-state index in [1.807, 2.05) is 58.9 Å². The highest BCUT2D eigenvalue weighted by molar-refractivity contribution is 5.98. The van der Waals surface area contributed by atoms with Crippen LogP contribution in [-0.4, -0.2) is 21.6 Å². The molecule has 0 radical (unpaired) electrons. The van der Waals surface area contributed by atoms with Gasteiger partial charge in [-0.05, 0) is 40.7 Å². The zero-order valence-corrected chi connectivity index (χ0v) is 14.1. The predicted octanol–water partition coefficient (Wildman–Crippen LogP) is 2.73. The van der Waals surface area contributed by atoms with Gasteiger partial charge >= 0.3 is 5.97 Å². The van der Waals surface area contributed by atoms with Crippen LogP contribution in [0.5, 0.6) is 0 Å². The third-order valence-electron chi connectivity index (χ3n) is 3.31. The van der Waals surface area contributed by atoms with Gasteiger partial charge in [-0.3, -0.25) is 4.68 Å². The summed E-state index contributed by atoms with van der Waals surface area (Å²) in [5.41, 5.74) is 8.50. The number of nitrogens with zero attached hydrogens (tertiary/aromatic N) is 3. The molecule has 0 spiro atoms. The third kappa shape index (κ3) is 3.97. The van der Waals surface area contributed by atoms with Gasteiger partial charge in [0.05, 0.1) is 5.54 Å². The molecule has 0 saturated heterocycles. The minimum absolute atomic E-state index is 0.144. The lowest BCUT2D eigenvalue weighted by molar-refractivity contribution is 0.0507. The third-order valence-corrected chi connectivity index (χ3v) is 3.31. The Labute approximate surface area is 135 Å². The van der Waals surface area contributed by atoms with Crippen LogP contribution in [0.2, 0.25) is 0 Å². The van der Waals surface area contributed by atoms with Crippen molar-refractivity contribution in [2.45, 2.75) is 40.2 Å². The number of carbonyl (C=O) groups excluding carboxylic acids is 1. The molecule has 2 rings (SSSR count). The van der Waals surface area contributed by atoms with Crippen LogP contribution >= 0.6 is 0 Å². The monoisotopic (exact) mass is 314 g/mol. The molecule has 0 atom stereocenters. The highest BCUT2D eigenvalue weighted by Crippen LogP contribution is 2.17. The normalized spacial score (nSPS) is 12.3. The summed E-state index contributed by atoms with van der Waals surface area (Å²) in [7, 11) is 0. The SMILES string of the molecule is Cc1ccc(/C(N)=N\OC(=O)c2cc(C)n(C(C)(C)C)n2)cc1. The van der Waals surface area contributed by atoms with Crippen LogP contribution in [-0.2, 0) is 10.4 Å². The minimum atomic E-state index is -0.633. The van der Waals surface area contributed by atoms with E-state index >= 15 is 0 Å². The lowest BCUT2D eigenvalue weighted by atomic mass is 10.1. The molecule has 1 aromatic heterocycles. The first-order valence-electron chi connectivity index (χ1n) is 7.37. The van der Waals surface area contributed by atoms with E-state index in [4.69, 9.17) is 10.6 Å². The second kappa shape index (κ2) is 6.24. The molecule has 1 heterocycles. The van der Waals surface area contributed by atoms with E-state index in [9.17, 15) is 4.79 Å². The van der Waals surface area contributed by atoms with Crippen LogP contribution in [0.25, 0.3) is 0 Å². The van der Waals surface area contributed by atoms with E-state index < -0.39 is 5.97 Å². The van der Waals surface area contributed by atoms with Crippen LogP contribution in [0.1, 0.15) is 48.1 Å². The molecule has 0 saturated carbocycles. The second-order valence-corrected chi connectivity index (χ2v) is 6.47. The largest absolute Gasteiger partial charge is 0.385 e. The lowest BCUT2D eigenvalue weighted by Crippen LogP contribution is -2.24. The van der Waals surface area contributed by atoms with E-state index in [0.717, 1.165) is 11.3 Å². The molecule has 2 N–H and O–H groups in total. The Morgan fingerprint density at radius 3 is 2.35 bits per heavy atom. The lowest BCUT2D eigenvalue weighted by Gasteiger charge is -2.20. The van der Waals surface area contributed by atoms with E-state index in [0.29, 0.717) is 5.56 Å². The molecular weight excluding hydrogens is 292 g/mol. The van der Waals surface area contributed by atoms with Gasteiger partial charge in [-0.2, -0.15) is 5.10 Å². The average molecular weight is 314 g/mol. The van der Waals surface area contributed by atoms with Crippen molar-refractivity contribution in [3.8, 4) is 0 Å². The molecule has 1 aromatic carbocycles. The van der Waals surface area contributed by atoms with E-state index in [1.165, 1.54) is 0 Å². The summed E-state index contributed by atoms with van der Waals surface area (Å²) in [6, 6.07) is 9.13. The van der Waals surface area contributed by atoms with Crippen molar-refractivity contribution in [2.75, 3.05) is 0 Å². The summed E-state index contributed by atoms with van der Waals surface area (Å²) in [5.74, 6) is -0.489. The molecular formula is C17H22N4O2. The number of rotatable bonds is 3. The Kier molecular flexibility index (Phi) is 4.54. The molecule has 122 valence electrons. The molecule has 0 aliphatic heterocycles. The number of benzene rings is 1. The van der Waals surface area contributed by atoms with Gasteiger partial charge in [0, 0.05) is 11.3 Å². The Morgan fingerprint density at radius 2 is 1.83 bits per heavy atom. The van der Waals surface area contributed by atoms with Gasteiger partial charge in [0.15, 0.2) is 11.5 Å². The fourth-order valence-corrected chi connectivity index (χ4v) is 2.17. The molecule has 6 heteroatoms. The highest BCUT2D eigenvalue weighted by atomic mass is 16.7. The average Bonchev–Trinajstić information content (AvgIpc) is 2.87. The number of amidine groups is 1. The molecule has 0 fully saturated rings. The first-order valence-corrected chi connectivity index (χ1v) is 7.37.